The van der Waals surface area contributed by atoms with Gasteiger partial charge < -0.3 is 11.1 Å². The van der Waals surface area contributed by atoms with Crippen molar-refractivity contribution in [1.29, 1.82) is 0 Å². The molecule has 1 aromatic heterocycles. The van der Waals surface area contributed by atoms with E-state index in [1.54, 1.807) is 0 Å². The van der Waals surface area contributed by atoms with Crippen LogP contribution in [0.5, 0.6) is 0 Å². The first-order valence-corrected chi connectivity index (χ1v) is 12.2. The highest BCUT2D eigenvalue weighted by Gasteiger charge is 2.42. The fourth-order valence-electron chi connectivity index (χ4n) is 3.42. The van der Waals surface area contributed by atoms with Crippen LogP contribution in [-0.4, -0.2) is 46.2 Å². The summed E-state index contributed by atoms with van der Waals surface area (Å²) >= 11 is 6.19. The van der Waals surface area contributed by atoms with E-state index in [0.717, 1.165) is 30.3 Å². The van der Waals surface area contributed by atoms with E-state index < -0.39 is 50.5 Å². The van der Waals surface area contributed by atoms with Gasteiger partial charge in [0, 0.05) is 16.8 Å². The molecule has 0 saturated carbocycles. The summed E-state index contributed by atoms with van der Waals surface area (Å²) in [6.45, 7) is 2.14. The highest BCUT2D eigenvalue weighted by Crippen LogP contribution is 2.43. The summed E-state index contributed by atoms with van der Waals surface area (Å²) in [7, 11) is -4.66. The molecule has 2 aromatic carbocycles. The summed E-state index contributed by atoms with van der Waals surface area (Å²) in [6, 6.07) is 5.87. The summed E-state index contributed by atoms with van der Waals surface area (Å²) in [6.07, 6.45) is -9.70. The van der Waals surface area contributed by atoms with Gasteiger partial charge in [-0.3, -0.25) is 0 Å². The second-order valence-electron chi connectivity index (χ2n) is 8.87. The molecule has 3 rings (SSSR count). The van der Waals surface area contributed by atoms with Crippen molar-refractivity contribution in [3.8, 4) is 11.1 Å². The summed E-state index contributed by atoms with van der Waals surface area (Å²) in [4.78, 5) is 3.21. The number of aromatic amines is 1. The Morgan fingerprint density at radius 2 is 1.65 bits per heavy atom. The Bertz CT molecular complexity index is 1380. The van der Waals surface area contributed by atoms with E-state index in [1.165, 1.54) is 26.8 Å². The largest absolute Gasteiger partial charge is 0.417 e. The van der Waals surface area contributed by atoms with Crippen molar-refractivity contribution < 1.29 is 34.8 Å². The van der Waals surface area contributed by atoms with Crippen molar-refractivity contribution in [1.82, 2.24) is 19.5 Å². The Morgan fingerprint density at radius 1 is 1.05 bits per heavy atom. The molecule has 0 bridgehead atoms. The van der Waals surface area contributed by atoms with Gasteiger partial charge in [0.05, 0.1) is 15.5 Å². The topological polar surface area (TPSA) is 117 Å². The molecule has 8 nitrogen and oxygen atoms in total. The number of nitrogens with zero attached hydrogens (tertiary/aromatic N) is 3. The average molecular weight is 571 g/mol. The zero-order chi connectivity index (χ0) is 28.0. The van der Waals surface area contributed by atoms with E-state index in [9.17, 15) is 34.8 Å². The predicted octanol–water partition coefficient (Wildman–Crippen LogP) is 5.82. The molecule has 202 valence electrons. The van der Waals surface area contributed by atoms with Gasteiger partial charge in [0.15, 0.2) is 0 Å². The molecule has 0 aliphatic heterocycles. The molecule has 3 aromatic rings. The third-order valence-electron chi connectivity index (χ3n) is 4.96. The molecule has 0 amide bonds. The Kier molecular flexibility index (Phi) is 7.47. The normalized spacial score (nSPS) is 13.3. The van der Waals surface area contributed by atoms with Crippen molar-refractivity contribution in [2.45, 2.75) is 43.6 Å². The van der Waals surface area contributed by atoms with E-state index in [1.807, 2.05) is 0 Å². The van der Waals surface area contributed by atoms with E-state index in [-0.39, 0.29) is 32.5 Å². The van der Waals surface area contributed by atoms with Crippen LogP contribution in [0.1, 0.15) is 26.3 Å². The quantitative estimate of drug-likeness (QED) is 0.322. The fraction of sp³-hybridized carbons (Fsp3) is 0.333. The van der Waals surface area contributed by atoms with Gasteiger partial charge in [-0.15, -0.1) is 5.10 Å². The predicted molar refractivity (Wildman–Crippen MR) is 126 cm³/mol. The van der Waals surface area contributed by atoms with Crippen LogP contribution in [0.25, 0.3) is 11.1 Å². The number of nitrogens with two attached hydrogens (primary N) is 1. The standard InChI is InChI=1S/C21H21ClF6N6O2S/c1-19(2,3)34(10-20(23,24)25)37(35,36)13-6-4-11(5-7-13)16-14(21(26,27)28)8-12(9-15(16)22)30-18-31-17(29)32-33-18/h4-9H,10H2,1-3H3,(H4,29,30,31,32,33). The van der Waals surface area contributed by atoms with Crippen molar-refractivity contribution in [3.05, 3.63) is 47.0 Å². The second kappa shape index (κ2) is 9.68. The first-order chi connectivity index (χ1) is 16.8. The number of nitrogen functional groups attached to an aromatic ring is 1. The number of sulfonamides is 1. The minimum Gasteiger partial charge on any atom is -0.368 e. The van der Waals surface area contributed by atoms with Crippen LogP contribution in [0.15, 0.2) is 41.3 Å². The maximum atomic E-state index is 13.9. The molecule has 4 N–H and O–H groups in total. The molecule has 0 radical (unpaired) electrons. The molecule has 0 aliphatic rings. The Hall–Kier alpha value is -3.04. The second-order valence-corrected chi connectivity index (χ2v) is 11.1. The van der Waals surface area contributed by atoms with Crippen molar-refractivity contribution in [2.75, 3.05) is 17.6 Å². The van der Waals surface area contributed by atoms with Gasteiger partial charge in [-0.2, -0.15) is 35.6 Å². The molecule has 0 spiro atoms. The Labute approximate surface area is 212 Å². The molecule has 0 fully saturated rings. The third-order valence-corrected chi connectivity index (χ3v) is 7.38. The van der Waals surface area contributed by atoms with Crippen molar-refractivity contribution in [2.24, 2.45) is 0 Å². The third kappa shape index (κ3) is 6.64. The van der Waals surface area contributed by atoms with Gasteiger partial charge in [0.1, 0.15) is 6.54 Å². The molecular weight excluding hydrogens is 550 g/mol. The van der Waals surface area contributed by atoms with Crippen LogP contribution < -0.4 is 11.1 Å². The zero-order valence-electron chi connectivity index (χ0n) is 19.5. The molecule has 0 saturated heterocycles. The van der Waals surface area contributed by atoms with Crippen LogP contribution in [-0.2, 0) is 16.2 Å². The molecule has 0 unspecified atom stereocenters. The lowest BCUT2D eigenvalue weighted by Gasteiger charge is -2.35. The van der Waals surface area contributed by atoms with E-state index in [4.69, 9.17) is 17.3 Å². The van der Waals surface area contributed by atoms with Gasteiger partial charge in [-0.05, 0) is 50.6 Å². The van der Waals surface area contributed by atoms with E-state index in [0.29, 0.717) is 0 Å². The van der Waals surface area contributed by atoms with Crippen LogP contribution in [0.4, 0.5) is 43.9 Å². The van der Waals surface area contributed by atoms with Crippen molar-refractivity contribution in [3.63, 3.8) is 0 Å². The fourth-order valence-corrected chi connectivity index (χ4v) is 5.52. The minimum absolute atomic E-state index is 0.0726. The first-order valence-electron chi connectivity index (χ1n) is 10.3. The van der Waals surface area contributed by atoms with E-state index >= 15 is 0 Å². The lowest BCUT2D eigenvalue weighted by molar-refractivity contribution is -0.142. The molecule has 0 atom stereocenters. The molecule has 0 aliphatic carbocycles. The number of rotatable bonds is 6. The lowest BCUT2D eigenvalue weighted by Crippen LogP contribution is -2.49. The van der Waals surface area contributed by atoms with Crippen LogP contribution >= 0.6 is 11.6 Å². The summed E-state index contributed by atoms with van der Waals surface area (Å²) < 4.78 is 107. The zero-order valence-corrected chi connectivity index (χ0v) is 21.0. The Balaban J connectivity index is 2.05. The van der Waals surface area contributed by atoms with Gasteiger partial charge in [0.25, 0.3) is 0 Å². The number of aromatic nitrogens is 3. The molecule has 16 heteroatoms. The maximum Gasteiger partial charge on any atom is 0.417 e. The molecular formula is C21H21ClF6N6O2S. The summed E-state index contributed by atoms with van der Waals surface area (Å²) in [5.74, 6) is -0.178. The van der Waals surface area contributed by atoms with Crippen LogP contribution in [0.3, 0.4) is 0 Å². The first kappa shape index (κ1) is 28.5. The number of alkyl halides is 6. The number of H-pyrrole nitrogens is 1. The molecule has 1 heterocycles. The highest BCUT2D eigenvalue weighted by atomic mass is 35.5. The minimum atomic E-state index is -4.88. The van der Waals surface area contributed by atoms with Gasteiger partial charge in [-0.25, -0.2) is 13.5 Å². The summed E-state index contributed by atoms with van der Waals surface area (Å²) in [5, 5.41) is 8.18. The van der Waals surface area contributed by atoms with Gasteiger partial charge >= 0.3 is 12.4 Å². The van der Waals surface area contributed by atoms with Crippen molar-refractivity contribution >= 4 is 39.2 Å². The number of nitrogens with one attached hydrogen (secondary N) is 2. The van der Waals surface area contributed by atoms with Gasteiger partial charge in [-0.1, -0.05) is 23.7 Å². The summed E-state index contributed by atoms with van der Waals surface area (Å²) in [5.41, 5.74) is 2.14. The molecule has 37 heavy (non-hydrogen) atoms. The Morgan fingerprint density at radius 3 is 2.11 bits per heavy atom. The average Bonchev–Trinajstić information content (AvgIpc) is 3.14. The number of hydrogen-bond donors (Lipinski definition) is 3. The number of anilines is 3. The highest BCUT2D eigenvalue weighted by molar-refractivity contribution is 7.89. The smallest absolute Gasteiger partial charge is 0.368 e. The maximum absolute atomic E-state index is 13.9. The number of hydrogen-bond acceptors (Lipinski definition) is 6. The number of benzene rings is 2. The van der Waals surface area contributed by atoms with Crippen LogP contribution in [0, 0.1) is 0 Å². The SMILES string of the molecule is CC(C)(C)N(CC(F)(F)F)S(=O)(=O)c1ccc(-c2c(Cl)cc(Nc3n[nH]c(N)n3)cc2C(F)(F)F)cc1. The van der Waals surface area contributed by atoms with Crippen LogP contribution in [0.2, 0.25) is 5.02 Å². The lowest BCUT2D eigenvalue weighted by atomic mass is 9.98. The van der Waals surface area contributed by atoms with E-state index in [2.05, 4.69) is 20.5 Å². The van der Waals surface area contributed by atoms with Gasteiger partial charge in [0.2, 0.25) is 21.9 Å². The number of halogens is 7. The monoisotopic (exact) mass is 570 g/mol.